The highest BCUT2D eigenvalue weighted by Crippen LogP contribution is 2.26. The lowest BCUT2D eigenvalue weighted by atomic mass is 10.2. The van der Waals surface area contributed by atoms with Crippen molar-refractivity contribution in [3.8, 4) is 11.5 Å². The van der Waals surface area contributed by atoms with Crippen LogP contribution in [0.3, 0.4) is 0 Å². The first-order valence-electron chi connectivity index (χ1n) is 6.63. The Morgan fingerprint density at radius 2 is 1.59 bits per heavy atom. The highest BCUT2D eigenvalue weighted by Gasteiger charge is 2.08. The van der Waals surface area contributed by atoms with E-state index in [1.165, 1.54) is 24.3 Å². The average molecular weight is 530 g/mol. The first kappa shape index (κ1) is 17.7. The van der Waals surface area contributed by atoms with Gasteiger partial charge in [0.1, 0.15) is 23.1 Å². The Balaban J connectivity index is 1.80. The van der Waals surface area contributed by atoms with Gasteiger partial charge in [-0.15, -0.1) is 0 Å². The summed E-state index contributed by atoms with van der Waals surface area (Å²) in [6.07, 6.45) is 0.681. The van der Waals surface area contributed by atoms with E-state index >= 15 is 0 Å². The van der Waals surface area contributed by atoms with Gasteiger partial charge >= 0.3 is 0 Å². The van der Waals surface area contributed by atoms with Crippen molar-refractivity contribution in [3.05, 3.63) is 54.7 Å². The quantitative estimate of drug-likeness (QED) is 0.372. The number of halogens is 4. The van der Waals surface area contributed by atoms with Crippen molar-refractivity contribution in [2.45, 2.75) is 13.3 Å². The summed E-state index contributed by atoms with van der Waals surface area (Å²) in [7, 11) is 0. The van der Waals surface area contributed by atoms with E-state index in [4.69, 9.17) is 9.47 Å². The van der Waals surface area contributed by atoms with Gasteiger partial charge in [-0.25, -0.2) is 8.78 Å². The van der Waals surface area contributed by atoms with Crippen LogP contribution in [0.25, 0.3) is 0 Å². The standard InChI is InChI=1S/C16H14F2I2O2/c1-10-7-12(18)9-14(20)16(10)22-6-2-5-21-15-4-3-11(17)8-13(15)19/h3-4,7-9H,2,5-6H2,1H3. The van der Waals surface area contributed by atoms with Crippen LogP contribution in [0, 0.1) is 25.7 Å². The first-order chi connectivity index (χ1) is 10.5. The van der Waals surface area contributed by atoms with Crippen molar-refractivity contribution in [1.29, 1.82) is 0 Å². The van der Waals surface area contributed by atoms with Gasteiger partial charge in [-0.3, -0.25) is 0 Å². The normalized spacial score (nSPS) is 10.6. The zero-order valence-corrected chi connectivity index (χ0v) is 16.2. The molecule has 0 amide bonds. The fourth-order valence-corrected chi connectivity index (χ4v) is 3.39. The average Bonchev–Trinajstić information content (AvgIpc) is 2.42. The Kier molecular flexibility index (Phi) is 6.66. The van der Waals surface area contributed by atoms with Crippen LogP contribution in [-0.2, 0) is 0 Å². The lowest BCUT2D eigenvalue weighted by Crippen LogP contribution is -2.07. The Morgan fingerprint density at radius 1 is 0.909 bits per heavy atom. The summed E-state index contributed by atoms with van der Waals surface area (Å²) in [5, 5.41) is 0. The maximum atomic E-state index is 13.2. The van der Waals surface area contributed by atoms with Gasteiger partial charge in [0, 0.05) is 6.42 Å². The highest BCUT2D eigenvalue weighted by molar-refractivity contribution is 14.1. The van der Waals surface area contributed by atoms with E-state index < -0.39 is 0 Å². The summed E-state index contributed by atoms with van der Waals surface area (Å²) in [5.74, 6) is 0.831. The second-order valence-corrected chi connectivity index (χ2v) is 6.98. The van der Waals surface area contributed by atoms with Gasteiger partial charge in [0.25, 0.3) is 0 Å². The van der Waals surface area contributed by atoms with E-state index in [2.05, 4.69) is 22.6 Å². The van der Waals surface area contributed by atoms with Gasteiger partial charge in [-0.1, -0.05) is 0 Å². The monoisotopic (exact) mass is 530 g/mol. The van der Waals surface area contributed by atoms with Crippen LogP contribution >= 0.6 is 45.2 Å². The number of ether oxygens (including phenoxy) is 2. The molecule has 0 N–H and O–H groups in total. The maximum Gasteiger partial charge on any atom is 0.135 e. The molecule has 0 atom stereocenters. The molecule has 0 saturated heterocycles. The van der Waals surface area contributed by atoms with Crippen molar-refractivity contribution in [1.82, 2.24) is 0 Å². The summed E-state index contributed by atoms with van der Waals surface area (Å²) < 4.78 is 39.0. The second kappa shape index (κ2) is 8.28. The van der Waals surface area contributed by atoms with Gasteiger partial charge in [-0.2, -0.15) is 0 Å². The number of rotatable bonds is 6. The van der Waals surface area contributed by atoms with Crippen LogP contribution in [0.2, 0.25) is 0 Å². The van der Waals surface area contributed by atoms with Gasteiger partial charge in [0.15, 0.2) is 0 Å². The van der Waals surface area contributed by atoms with Crippen molar-refractivity contribution in [2.75, 3.05) is 13.2 Å². The molecule has 2 aromatic rings. The van der Waals surface area contributed by atoms with Gasteiger partial charge < -0.3 is 9.47 Å². The van der Waals surface area contributed by atoms with E-state index in [1.54, 1.807) is 6.07 Å². The fourth-order valence-electron chi connectivity index (χ4n) is 1.88. The zero-order chi connectivity index (χ0) is 16.1. The molecule has 0 heterocycles. The Hall–Kier alpha value is -0.640. The molecule has 0 unspecified atom stereocenters. The Bertz CT molecular complexity index is 640. The number of aryl methyl sites for hydroxylation is 1. The molecule has 0 aliphatic rings. The predicted molar refractivity (Wildman–Crippen MR) is 98.6 cm³/mol. The van der Waals surface area contributed by atoms with Crippen LogP contribution in [0.1, 0.15) is 12.0 Å². The Morgan fingerprint density at radius 3 is 2.27 bits per heavy atom. The number of hydrogen-bond donors (Lipinski definition) is 0. The molecule has 0 fully saturated rings. The summed E-state index contributed by atoms with van der Waals surface area (Å²) >= 11 is 4.09. The van der Waals surface area contributed by atoms with Crippen molar-refractivity contribution in [3.63, 3.8) is 0 Å². The SMILES string of the molecule is Cc1cc(F)cc(I)c1OCCCOc1ccc(F)cc1I. The molecule has 2 aromatic carbocycles. The molecule has 0 aliphatic carbocycles. The zero-order valence-electron chi connectivity index (χ0n) is 11.8. The summed E-state index contributed by atoms with van der Waals surface area (Å²) in [4.78, 5) is 0. The van der Waals surface area contributed by atoms with Crippen LogP contribution in [0.4, 0.5) is 8.78 Å². The molecule has 2 rings (SSSR count). The van der Waals surface area contributed by atoms with Gasteiger partial charge in [0.05, 0.1) is 20.4 Å². The molecule has 0 saturated carbocycles. The van der Waals surface area contributed by atoms with E-state index in [-0.39, 0.29) is 11.6 Å². The van der Waals surface area contributed by atoms with Crippen LogP contribution in [-0.4, -0.2) is 13.2 Å². The fraction of sp³-hybridized carbons (Fsp3) is 0.250. The largest absolute Gasteiger partial charge is 0.492 e. The maximum absolute atomic E-state index is 13.2. The third-order valence-electron chi connectivity index (χ3n) is 2.88. The van der Waals surface area contributed by atoms with E-state index in [0.29, 0.717) is 31.1 Å². The van der Waals surface area contributed by atoms with Crippen LogP contribution in [0.15, 0.2) is 30.3 Å². The highest BCUT2D eigenvalue weighted by atomic mass is 127. The molecule has 6 heteroatoms. The van der Waals surface area contributed by atoms with Gasteiger partial charge in [-0.05, 0) is 88.0 Å². The minimum atomic E-state index is -0.276. The van der Waals surface area contributed by atoms with E-state index in [9.17, 15) is 8.78 Å². The first-order valence-corrected chi connectivity index (χ1v) is 8.79. The molecule has 0 aromatic heterocycles. The molecule has 118 valence electrons. The Labute approximate surface area is 155 Å². The third-order valence-corrected chi connectivity index (χ3v) is 4.52. The summed E-state index contributed by atoms with van der Waals surface area (Å²) in [5.41, 5.74) is 0.776. The van der Waals surface area contributed by atoms with E-state index in [0.717, 1.165) is 12.7 Å². The minimum Gasteiger partial charge on any atom is -0.492 e. The van der Waals surface area contributed by atoms with Crippen molar-refractivity contribution in [2.24, 2.45) is 0 Å². The predicted octanol–water partition coefficient (Wildman–Crippen LogP) is 5.33. The van der Waals surface area contributed by atoms with Crippen molar-refractivity contribution >= 4 is 45.2 Å². The topological polar surface area (TPSA) is 18.5 Å². The van der Waals surface area contributed by atoms with Crippen molar-refractivity contribution < 1.29 is 18.3 Å². The molecule has 0 spiro atoms. The summed E-state index contributed by atoms with van der Waals surface area (Å²) in [6.45, 7) is 2.76. The van der Waals surface area contributed by atoms with E-state index in [1.807, 2.05) is 29.5 Å². The molecule has 0 aliphatic heterocycles. The number of hydrogen-bond acceptors (Lipinski definition) is 2. The molecule has 22 heavy (non-hydrogen) atoms. The minimum absolute atomic E-state index is 0.261. The summed E-state index contributed by atoms with van der Waals surface area (Å²) in [6, 6.07) is 7.31. The molecular formula is C16H14F2I2O2. The molecular weight excluding hydrogens is 516 g/mol. The smallest absolute Gasteiger partial charge is 0.135 e. The lowest BCUT2D eigenvalue weighted by molar-refractivity contribution is 0.244. The van der Waals surface area contributed by atoms with Crippen LogP contribution in [0.5, 0.6) is 11.5 Å². The third kappa shape index (κ3) is 4.94. The van der Waals surface area contributed by atoms with Crippen LogP contribution < -0.4 is 9.47 Å². The number of benzene rings is 2. The molecule has 0 radical (unpaired) electrons. The molecule has 0 bridgehead atoms. The second-order valence-electron chi connectivity index (χ2n) is 4.66. The lowest BCUT2D eigenvalue weighted by Gasteiger charge is -2.12. The van der Waals surface area contributed by atoms with Gasteiger partial charge in [0.2, 0.25) is 0 Å². The molecule has 2 nitrogen and oxygen atoms in total.